The zero-order valence-electron chi connectivity index (χ0n) is 8.16. The van der Waals surface area contributed by atoms with Gasteiger partial charge in [-0.05, 0) is 12.1 Å². The number of hydrogen-bond acceptors (Lipinski definition) is 2. The van der Waals surface area contributed by atoms with E-state index in [0.717, 1.165) is 23.4 Å². The summed E-state index contributed by atoms with van der Waals surface area (Å²) in [6, 6.07) is 8.15. The minimum absolute atomic E-state index is 0.604. The van der Waals surface area contributed by atoms with Crippen LogP contribution in [0.25, 0.3) is 10.2 Å². The SMILES string of the molecule is ClCCC#CCc1nc2ccccc2s1. The van der Waals surface area contributed by atoms with E-state index in [1.54, 1.807) is 11.3 Å². The van der Waals surface area contributed by atoms with Crippen molar-refractivity contribution in [2.75, 3.05) is 5.88 Å². The maximum atomic E-state index is 5.53. The Labute approximate surface area is 98.1 Å². The first-order chi connectivity index (χ1) is 7.40. The molecule has 0 amide bonds. The van der Waals surface area contributed by atoms with E-state index in [1.165, 1.54) is 4.70 Å². The van der Waals surface area contributed by atoms with Crippen LogP contribution in [0.3, 0.4) is 0 Å². The van der Waals surface area contributed by atoms with Crippen molar-refractivity contribution >= 4 is 33.2 Å². The molecule has 2 aromatic rings. The molecular formula is C12H10ClNS. The number of rotatable bonds is 2. The maximum Gasteiger partial charge on any atom is 0.106 e. The van der Waals surface area contributed by atoms with E-state index >= 15 is 0 Å². The second-order valence-corrected chi connectivity index (χ2v) is 4.54. The number of benzene rings is 1. The molecule has 0 N–H and O–H groups in total. The molecule has 0 fully saturated rings. The van der Waals surface area contributed by atoms with Gasteiger partial charge in [-0.3, -0.25) is 0 Å². The van der Waals surface area contributed by atoms with Gasteiger partial charge in [0.15, 0.2) is 0 Å². The minimum atomic E-state index is 0.604. The number of nitrogens with zero attached hydrogens (tertiary/aromatic N) is 1. The van der Waals surface area contributed by atoms with Gasteiger partial charge in [0, 0.05) is 12.3 Å². The number of hydrogen-bond donors (Lipinski definition) is 0. The lowest BCUT2D eigenvalue weighted by Gasteiger charge is -1.81. The Bertz CT molecular complexity index is 474. The predicted octanol–water partition coefficient (Wildman–Crippen LogP) is 3.47. The van der Waals surface area contributed by atoms with Crippen molar-refractivity contribution in [2.24, 2.45) is 0 Å². The number of aromatic nitrogens is 1. The molecule has 1 heterocycles. The fraction of sp³-hybridized carbons (Fsp3) is 0.250. The number of alkyl halides is 1. The molecule has 76 valence electrons. The van der Waals surface area contributed by atoms with Crippen LogP contribution in [0.4, 0.5) is 0 Å². The summed E-state index contributed by atoms with van der Waals surface area (Å²) >= 11 is 7.24. The number of para-hydroxylation sites is 1. The van der Waals surface area contributed by atoms with Crippen molar-refractivity contribution in [3.8, 4) is 11.8 Å². The molecule has 1 aromatic carbocycles. The molecule has 0 spiro atoms. The van der Waals surface area contributed by atoms with Crippen molar-refractivity contribution in [1.29, 1.82) is 0 Å². The summed E-state index contributed by atoms with van der Waals surface area (Å²) in [6.07, 6.45) is 1.49. The van der Waals surface area contributed by atoms with Gasteiger partial charge in [0.05, 0.1) is 16.6 Å². The molecular weight excluding hydrogens is 226 g/mol. The van der Waals surface area contributed by atoms with Crippen LogP contribution in [0.5, 0.6) is 0 Å². The normalized spacial score (nSPS) is 9.93. The highest BCUT2D eigenvalue weighted by Gasteiger charge is 2.00. The highest BCUT2D eigenvalue weighted by atomic mass is 35.5. The quantitative estimate of drug-likeness (QED) is 0.574. The molecule has 15 heavy (non-hydrogen) atoms. The minimum Gasteiger partial charge on any atom is -0.240 e. The number of halogens is 1. The molecule has 3 heteroatoms. The summed E-state index contributed by atoms with van der Waals surface area (Å²) in [5, 5.41) is 1.08. The van der Waals surface area contributed by atoms with Gasteiger partial charge < -0.3 is 0 Å². The van der Waals surface area contributed by atoms with Crippen LogP contribution < -0.4 is 0 Å². The third-order valence-electron chi connectivity index (χ3n) is 1.92. The van der Waals surface area contributed by atoms with E-state index in [4.69, 9.17) is 11.6 Å². The summed E-state index contributed by atoms with van der Waals surface area (Å²) in [6.45, 7) is 0. The van der Waals surface area contributed by atoms with E-state index in [9.17, 15) is 0 Å². The first-order valence-corrected chi connectivity index (χ1v) is 6.11. The Morgan fingerprint density at radius 2 is 2.13 bits per heavy atom. The first kappa shape index (κ1) is 10.5. The van der Waals surface area contributed by atoms with Gasteiger partial charge in [0.1, 0.15) is 5.01 Å². The molecule has 0 saturated carbocycles. The van der Waals surface area contributed by atoms with Crippen molar-refractivity contribution < 1.29 is 0 Å². The van der Waals surface area contributed by atoms with E-state index in [0.29, 0.717) is 5.88 Å². The van der Waals surface area contributed by atoms with E-state index in [2.05, 4.69) is 22.9 Å². The van der Waals surface area contributed by atoms with Crippen LogP contribution in [-0.4, -0.2) is 10.9 Å². The molecule has 0 atom stereocenters. The number of fused-ring (bicyclic) bond motifs is 1. The molecule has 1 nitrogen and oxygen atoms in total. The number of thiazole rings is 1. The van der Waals surface area contributed by atoms with Crippen LogP contribution >= 0.6 is 22.9 Å². The lowest BCUT2D eigenvalue weighted by atomic mass is 10.3. The Kier molecular flexibility index (Phi) is 3.60. The fourth-order valence-corrected chi connectivity index (χ4v) is 2.27. The monoisotopic (exact) mass is 235 g/mol. The highest BCUT2D eigenvalue weighted by Crippen LogP contribution is 2.21. The molecule has 0 aliphatic carbocycles. The van der Waals surface area contributed by atoms with Gasteiger partial charge in [0.2, 0.25) is 0 Å². The third kappa shape index (κ3) is 2.71. The van der Waals surface area contributed by atoms with E-state index in [1.807, 2.05) is 18.2 Å². The summed E-state index contributed by atoms with van der Waals surface area (Å²) in [5.74, 6) is 6.69. The van der Waals surface area contributed by atoms with Crippen molar-refractivity contribution in [3.05, 3.63) is 29.3 Å². The zero-order valence-corrected chi connectivity index (χ0v) is 9.74. The van der Waals surface area contributed by atoms with E-state index < -0.39 is 0 Å². The van der Waals surface area contributed by atoms with Crippen LogP contribution in [0.1, 0.15) is 11.4 Å². The molecule has 0 saturated heterocycles. The lowest BCUT2D eigenvalue weighted by molar-refractivity contribution is 1.23. The van der Waals surface area contributed by atoms with Gasteiger partial charge in [-0.25, -0.2) is 4.98 Å². The Balaban J connectivity index is 2.13. The van der Waals surface area contributed by atoms with Crippen LogP contribution in [0.2, 0.25) is 0 Å². The molecule has 0 bridgehead atoms. The lowest BCUT2D eigenvalue weighted by Crippen LogP contribution is -1.78. The molecule has 2 rings (SSSR count). The van der Waals surface area contributed by atoms with Gasteiger partial charge in [0.25, 0.3) is 0 Å². The maximum absolute atomic E-state index is 5.53. The zero-order chi connectivity index (χ0) is 10.5. The van der Waals surface area contributed by atoms with Gasteiger partial charge in [-0.1, -0.05) is 18.1 Å². The second-order valence-electron chi connectivity index (χ2n) is 3.04. The van der Waals surface area contributed by atoms with Crippen LogP contribution in [0.15, 0.2) is 24.3 Å². The summed E-state index contributed by atoms with van der Waals surface area (Å²) in [5.41, 5.74) is 1.07. The average Bonchev–Trinajstić information content (AvgIpc) is 2.67. The summed E-state index contributed by atoms with van der Waals surface area (Å²) in [7, 11) is 0. The van der Waals surface area contributed by atoms with Crippen molar-refractivity contribution in [3.63, 3.8) is 0 Å². The second kappa shape index (κ2) is 5.16. The Hall–Kier alpha value is -1.04. The van der Waals surface area contributed by atoms with Crippen molar-refractivity contribution in [2.45, 2.75) is 12.8 Å². The topological polar surface area (TPSA) is 12.9 Å². The average molecular weight is 236 g/mol. The van der Waals surface area contributed by atoms with Crippen molar-refractivity contribution in [1.82, 2.24) is 4.98 Å². The summed E-state index contributed by atoms with van der Waals surface area (Å²) < 4.78 is 1.23. The van der Waals surface area contributed by atoms with Crippen LogP contribution in [0, 0.1) is 11.8 Å². The summed E-state index contributed by atoms with van der Waals surface area (Å²) in [4.78, 5) is 4.49. The highest BCUT2D eigenvalue weighted by molar-refractivity contribution is 7.18. The standard InChI is InChI=1S/C12H10ClNS/c13-9-5-1-2-8-12-14-10-6-3-4-7-11(10)15-12/h3-4,6-7H,5,8-9H2. The van der Waals surface area contributed by atoms with Gasteiger partial charge in [-0.15, -0.1) is 28.9 Å². The molecule has 0 radical (unpaired) electrons. The smallest absolute Gasteiger partial charge is 0.106 e. The predicted molar refractivity (Wildman–Crippen MR) is 66.4 cm³/mol. The first-order valence-electron chi connectivity index (χ1n) is 4.76. The molecule has 0 unspecified atom stereocenters. The van der Waals surface area contributed by atoms with E-state index in [-0.39, 0.29) is 0 Å². The Morgan fingerprint density at radius 1 is 1.27 bits per heavy atom. The van der Waals surface area contributed by atoms with Crippen LogP contribution in [-0.2, 0) is 6.42 Å². The van der Waals surface area contributed by atoms with Gasteiger partial charge in [-0.2, -0.15) is 0 Å². The third-order valence-corrected chi connectivity index (χ3v) is 3.15. The van der Waals surface area contributed by atoms with Gasteiger partial charge >= 0.3 is 0 Å². The Morgan fingerprint density at radius 3 is 2.93 bits per heavy atom. The largest absolute Gasteiger partial charge is 0.240 e. The molecule has 0 aliphatic rings. The fourth-order valence-electron chi connectivity index (χ4n) is 1.27. The molecule has 0 aliphatic heterocycles. The molecule has 1 aromatic heterocycles.